The number of rotatable bonds is 17. The summed E-state index contributed by atoms with van der Waals surface area (Å²) in [7, 11) is -7.24. The van der Waals surface area contributed by atoms with E-state index in [1.807, 2.05) is 38.1 Å². The first-order valence-corrected chi connectivity index (χ1v) is 18.8. The maximum atomic E-state index is 12.5. The highest BCUT2D eigenvalue weighted by Gasteiger charge is 2.15. The molecule has 8 nitrogen and oxygen atoms in total. The molecule has 4 aromatic rings. The van der Waals surface area contributed by atoms with E-state index in [2.05, 4.69) is 9.44 Å². The smallest absolute Gasteiger partial charge is 0.261 e. The summed E-state index contributed by atoms with van der Waals surface area (Å²) in [6.07, 6.45) is 0. The van der Waals surface area contributed by atoms with E-state index < -0.39 is 20.0 Å². The van der Waals surface area contributed by atoms with Crippen LogP contribution in [0.3, 0.4) is 0 Å². The Morgan fingerprint density at radius 1 is 0.500 bits per heavy atom. The van der Waals surface area contributed by atoms with Crippen LogP contribution in [0.2, 0.25) is 0 Å². The Balaban J connectivity index is 1.04. The van der Waals surface area contributed by atoms with E-state index >= 15 is 0 Å². The minimum atomic E-state index is -3.62. The molecule has 4 rings (SSSR count). The number of benzene rings is 4. The predicted molar refractivity (Wildman–Crippen MR) is 180 cm³/mol. The summed E-state index contributed by atoms with van der Waals surface area (Å²) in [6.45, 7) is 5.97. The monoisotopic (exact) mass is 672 g/mol. The van der Waals surface area contributed by atoms with Gasteiger partial charge in [0.2, 0.25) is 0 Å². The van der Waals surface area contributed by atoms with Gasteiger partial charge in [-0.05, 0) is 86.6 Å². The van der Waals surface area contributed by atoms with Crippen LogP contribution in [0.4, 0.5) is 11.4 Å². The summed E-state index contributed by atoms with van der Waals surface area (Å²) in [4.78, 5) is 2.51. The summed E-state index contributed by atoms with van der Waals surface area (Å²) < 4.78 is 66.7. The highest BCUT2D eigenvalue weighted by Crippen LogP contribution is 2.24. The molecule has 12 heteroatoms. The number of ether oxygens (including phenoxy) is 2. The van der Waals surface area contributed by atoms with Crippen molar-refractivity contribution in [1.82, 2.24) is 0 Å². The lowest BCUT2D eigenvalue weighted by Gasteiger charge is -2.10. The molecule has 0 heterocycles. The van der Waals surface area contributed by atoms with Crippen molar-refractivity contribution in [2.45, 2.75) is 33.4 Å². The van der Waals surface area contributed by atoms with E-state index in [1.165, 1.54) is 0 Å². The number of anilines is 2. The van der Waals surface area contributed by atoms with Gasteiger partial charge in [-0.15, -0.1) is 23.5 Å². The average Bonchev–Trinajstić information content (AvgIpc) is 3.00. The van der Waals surface area contributed by atoms with Crippen LogP contribution in [0.5, 0.6) is 0 Å². The Labute approximate surface area is 269 Å². The summed E-state index contributed by atoms with van der Waals surface area (Å²) in [6, 6.07) is 28.0. The van der Waals surface area contributed by atoms with Crippen LogP contribution in [0, 0.1) is 13.8 Å². The van der Waals surface area contributed by atoms with Crippen molar-refractivity contribution in [3.63, 3.8) is 0 Å². The molecule has 0 saturated carbocycles. The van der Waals surface area contributed by atoms with Crippen molar-refractivity contribution in [3.05, 3.63) is 108 Å². The topological polar surface area (TPSA) is 111 Å². The van der Waals surface area contributed by atoms with Crippen LogP contribution >= 0.6 is 23.5 Å². The summed E-state index contributed by atoms with van der Waals surface area (Å²) in [5, 5.41) is 0. The lowest BCUT2D eigenvalue weighted by Crippen LogP contribution is -2.12. The Morgan fingerprint density at radius 3 is 1.18 bits per heavy atom. The maximum Gasteiger partial charge on any atom is 0.261 e. The van der Waals surface area contributed by atoms with Gasteiger partial charge in [-0.3, -0.25) is 9.44 Å². The van der Waals surface area contributed by atoms with E-state index in [9.17, 15) is 16.8 Å². The fourth-order valence-electron chi connectivity index (χ4n) is 3.86. The number of aryl methyl sites for hydroxylation is 2. The Morgan fingerprint density at radius 2 is 0.841 bits per heavy atom. The zero-order chi connectivity index (χ0) is 31.4. The number of hydrogen-bond donors (Lipinski definition) is 2. The van der Waals surface area contributed by atoms with E-state index in [0.29, 0.717) is 37.8 Å². The van der Waals surface area contributed by atoms with Gasteiger partial charge in [0.05, 0.1) is 36.2 Å². The zero-order valence-corrected chi connectivity index (χ0v) is 27.8. The zero-order valence-electron chi connectivity index (χ0n) is 24.6. The van der Waals surface area contributed by atoms with E-state index in [1.54, 1.807) is 96.3 Å². The highest BCUT2D eigenvalue weighted by atomic mass is 32.2. The molecule has 2 N–H and O–H groups in total. The lowest BCUT2D eigenvalue weighted by molar-refractivity contribution is 0.0605. The van der Waals surface area contributed by atoms with Crippen LogP contribution in [-0.2, 0) is 29.5 Å². The van der Waals surface area contributed by atoms with Gasteiger partial charge in [0.25, 0.3) is 20.0 Å². The molecular formula is C32H36N2O6S4. The lowest BCUT2D eigenvalue weighted by atomic mass is 10.2. The second-order valence-electron chi connectivity index (χ2n) is 9.81. The molecule has 0 aliphatic carbocycles. The molecule has 0 aromatic heterocycles. The van der Waals surface area contributed by atoms with Gasteiger partial charge in [0.1, 0.15) is 0 Å². The summed E-state index contributed by atoms with van der Waals surface area (Å²) in [5.41, 5.74) is 3.03. The quantitative estimate of drug-likeness (QED) is 0.0929. The van der Waals surface area contributed by atoms with Crippen LogP contribution in [0.1, 0.15) is 11.1 Å². The van der Waals surface area contributed by atoms with Gasteiger partial charge >= 0.3 is 0 Å². The van der Waals surface area contributed by atoms with E-state index in [0.717, 1.165) is 32.4 Å². The molecule has 0 atom stereocenters. The molecule has 0 saturated heterocycles. The van der Waals surface area contributed by atoms with Crippen LogP contribution in [0.25, 0.3) is 0 Å². The number of nitrogens with one attached hydrogen (secondary N) is 2. The molecule has 234 valence electrons. The largest absolute Gasteiger partial charge is 0.378 e. The second kappa shape index (κ2) is 16.4. The van der Waals surface area contributed by atoms with Crippen molar-refractivity contribution < 1.29 is 26.3 Å². The van der Waals surface area contributed by atoms with Crippen molar-refractivity contribution in [3.8, 4) is 0 Å². The molecule has 0 unspecified atom stereocenters. The Bertz CT molecular complexity index is 1550. The van der Waals surface area contributed by atoms with Gasteiger partial charge < -0.3 is 9.47 Å². The van der Waals surface area contributed by atoms with Gasteiger partial charge in [-0.2, -0.15) is 0 Å². The third kappa shape index (κ3) is 10.9. The van der Waals surface area contributed by atoms with E-state index in [-0.39, 0.29) is 9.79 Å². The van der Waals surface area contributed by atoms with Crippen molar-refractivity contribution in [2.75, 3.05) is 47.4 Å². The molecule has 0 fully saturated rings. The van der Waals surface area contributed by atoms with Gasteiger partial charge in [-0.1, -0.05) is 35.4 Å². The van der Waals surface area contributed by atoms with Crippen molar-refractivity contribution in [1.29, 1.82) is 0 Å². The molecule has 44 heavy (non-hydrogen) atoms. The number of sulfonamides is 2. The highest BCUT2D eigenvalue weighted by molar-refractivity contribution is 7.99. The fraction of sp³-hybridized carbons (Fsp3) is 0.250. The SMILES string of the molecule is Cc1ccc(S(=O)(=O)Nc2ccc(SCCOCCOCCSc3ccc(NS(=O)(=O)c4ccc(C)cc4)cc3)cc2)cc1. The molecule has 0 bridgehead atoms. The van der Waals surface area contributed by atoms with Crippen LogP contribution < -0.4 is 9.44 Å². The molecule has 0 aliphatic heterocycles. The third-order valence-electron chi connectivity index (χ3n) is 6.24. The summed E-state index contributed by atoms with van der Waals surface area (Å²) in [5.74, 6) is 1.53. The van der Waals surface area contributed by atoms with Crippen LogP contribution in [0.15, 0.2) is 117 Å². The maximum absolute atomic E-state index is 12.5. The van der Waals surface area contributed by atoms with Gasteiger partial charge in [0, 0.05) is 32.7 Å². The van der Waals surface area contributed by atoms with E-state index in [4.69, 9.17) is 9.47 Å². The molecule has 0 radical (unpaired) electrons. The molecule has 0 spiro atoms. The first-order chi connectivity index (χ1) is 21.1. The summed E-state index contributed by atoms with van der Waals surface area (Å²) >= 11 is 3.27. The normalized spacial score (nSPS) is 11.8. The Kier molecular flexibility index (Phi) is 12.6. The fourth-order valence-corrected chi connectivity index (χ4v) is 7.51. The average molecular weight is 673 g/mol. The molecule has 0 amide bonds. The second-order valence-corrected chi connectivity index (χ2v) is 15.5. The molecular weight excluding hydrogens is 637 g/mol. The van der Waals surface area contributed by atoms with Gasteiger partial charge in [-0.25, -0.2) is 16.8 Å². The first-order valence-electron chi connectivity index (χ1n) is 13.9. The van der Waals surface area contributed by atoms with Gasteiger partial charge in [0.15, 0.2) is 0 Å². The van der Waals surface area contributed by atoms with Crippen molar-refractivity contribution >= 4 is 54.9 Å². The molecule has 0 aliphatic rings. The van der Waals surface area contributed by atoms with Crippen molar-refractivity contribution in [2.24, 2.45) is 0 Å². The standard InChI is InChI=1S/C32H36N2O6S4/c1-25-3-15-31(16-4-25)43(35,36)33-27-7-11-29(12-8-27)41-23-21-39-19-20-40-22-24-42-30-13-9-28(10-14-30)34-44(37,38)32-17-5-26(2)6-18-32/h3-18,33-34H,19-24H2,1-2H3. The minimum absolute atomic E-state index is 0.232. The number of thioether (sulfide) groups is 2. The predicted octanol–water partition coefficient (Wildman–Crippen LogP) is 6.82. The molecule has 4 aromatic carbocycles. The minimum Gasteiger partial charge on any atom is -0.378 e. The van der Waals surface area contributed by atoms with Crippen LogP contribution in [-0.4, -0.2) is 54.8 Å². The third-order valence-corrected chi connectivity index (χ3v) is 11.0. The number of hydrogen-bond acceptors (Lipinski definition) is 8. The first kappa shape index (κ1) is 33.9. The Hall–Kier alpha value is -3.00.